The Bertz CT molecular complexity index is 307. The zero-order chi connectivity index (χ0) is 10.1. The normalized spacial score (nSPS) is 11.5. The van der Waals surface area contributed by atoms with Gasteiger partial charge in [0.05, 0.1) is 0 Å². The molecule has 0 saturated heterocycles. The molecular formula is C9H11Cl2NO. The third kappa shape index (κ3) is 3.41. The van der Waals surface area contributed by atoms with Crippen molar-refractivity contribution in [1.82, 2.24) is 4.98 Å². The van der Waals surface area contributed by atoms with Crippen molar-refractivity contribution in [2.24, 2.45) is 0 Å². The molecule has 2 nitrogen and oxygen atoms in total. The standard InChI is InChI=1S/C9H11Cl2NO/c1-9(2,3)13-6-4-5-7(10)12-8(6)11/h4-5H,1-3H3. The van der Waals surface area contributed by atoms with Gasteiger partial charge in [-0.2, -0.15) is 0 Å². The Morgan fingerprint density at radius 2 is 1.85 bits per heavy atom. The summed E-state index contributed by atoms with van der Waals surface area (Å²) < 4.78 is 5.53. The first-order valence-corrected chi connectivity index (χ1v) is 4.65. The van der Waals surface area contributed by atoms with Crippen LogP contribution in [0.5, 0.6) is 5.75 Å². The SMILES string of the molecule is CC(C)(C)Oc1ccc(Cl)nc1Cl. The van der Waals surface area contributed by atoms with E-state index in [4.69, 9.17) is 27.9 Å². The minimum absolute atomic E-state index is 0.279. The maximum Gasteiger partial charge on any atom is 0.172 e. The summed E-state index contributed by atoms with van der Waals surface area (Å²) in [4.78, 5) is 3.86. The lowest BCUT2D eigenvalue weighted by atomic mass is 10.2. The van der Waals surface area contributed by atoms with Crippen LogP contribution in [0.3, 0.4) is 0 Å². The summed E-state index contributed by atoms with van der Waals surface area (Å²) in [7, 11) is 0. The minimum atomic E-state index is -0.279. The van der Waals surface area contributed by atoms with Gasteiger partial charge >= 0.3 is 0 Å². The van der Waals surface area contributed by atoms with Crippen molar-refractivity contribution in [3.05, 3.63) is 22.4 Å². The lowest BCUT2D eigenvalue weighted by molar-refractivity contribution is 0.130. The van der Waals surface area contributed by atoms with Crippen LogP contribution in [0, 0.1) is 0 Å². The van der Waals surface area contributed by atoms with E-state index in [0.717, 1.165) is 0 Å². The van der Waals surface area contributed by atoms with Gasteiger partial charge in [-0.1, -0.05) is 23.2 Å². The zero-order valence-electron chi connectivity index (χ0n) is 7.77. The summed E-state index contributed by atoms with van der Waals surface area (Å²) in [5.74, 6) is 0.554. The lowest BCUT2D eigenvalue weighted by Gasteiger charge is -2.21. The summed E-state index contributed by atoms with van der Waals surface area (Å²) in [6, 6.07) is 3.36. The number of ether oxygens (including phenoxy) is 1. The predicted molar refractivity (Wildman–Crippen MR) is 54.6 cm³/mol. The summed E-state index contributed by atoms with van der Waals surface area (Å²) in [6.45, 7) is 5.83. The van der Waals surface area contributed by atoms with Crippen molar-refractivity contribution in [1.29, 1.82) is 0 Å². The molecule has 1 aromatic rings. The van der Waals surface area contributed by atoms with E-state index in [-0.39, 0.29) is 5.60 Å². The van der Waals surface area contributed by atoms with Gasteiger partial charge in [-0.25, -0.2) is 4.98 Å². The second kappa shape index (κ2) is 3.72. The fourth-order valence-electron chi connectivity index (χ4n) is 0.805. The molecule has 0 saturated carbocycles. The fraction of sp³-hybridized carbons (Fsp3) is 0.444. The number of rotatable bonds is 1. The molecule has 13 heavy (non-hydrogen) atoms. The van der Waals surface area contributed by atoms with Gasteiger partial charge < -0.3 is 4.74 Å². The molecule has 0 unspecified atom stereocenters. The zero-order valence-corrected chi connectivity index (χ0v) is 9.28. The molecular weight excluding hydrogens is 209 g/mol. The molecule has 0 aliphatic carbocycles. The second-order valence-electron chi connectivity index (χ2n) is 3.64. The first kappa shape index (κ1) is 10.6. The molecule has 1 heterocycles. The van der Waals surface area contributed by atoms with Crippen LogP contribution in [0.25, 0.3) is 0 Å². The van der Waals surface area contributed by atoms with E-state index in [0.29, 0.717) is 16.1 Å². The Hall–Kier alpha value is -0.470. The fourth-order valence-corrected chi connectivity index (χ4v) is 1.19. The van der Waals surface area contributed by atoms with Gasteiger partial charge in [-0.05, 0) is 32.9 Å². The summed E-state index contributed by atoms with van der Waals surface area (Å²) in [5, 5.41) is 0.661. The highest BCUT2D eigenvalue weighted by atomic mass is 35.5. The van der Waals surface area contributed by atoms with E-state index in [1.807, 2.05) is 20.8 Å². The maximum atomic E-state index is 5.82. The third-order valence-electron chi connectivity index (χ3n) is 1.20. The van der Waals surface area contributed by atoms with Crippen LogP contribution in [0.4, 0.5) is 0 Å². The average Bonchev–Trinajstić information content (AvgIpc) is 1.93. The number of pyridine rings is 1. The van der Waals surface area contributed by atoms with Crippen LogP contribution in [0.1, 0.15) is 20.8 Å². The van der Waals surface area contributed by atoms with Crippen molar-refractivity contribution in [2.75, 3.05) is 0 Å². The van der Waals surface area contributed by atoms with Gasteiger partial charge in [0.1, 0.15) is 10.8 Å². The lowest BCUT2D eigenvalue weighted by Crippen LogP contribution is -2.23. The van der Waals surface area contributed by atoms with Crippen LogP contribution >= 0.6 is 23.2 Å². The molecule has 0 spiro atoms. The molecule has 0 atom stereocenters. The van der Waals surface area contributed by atoms with Gasteiger partial charge in [-0.3, -0.25) is 0 Å². The Labute approximate surface area is 87.8 Å². The topological polar surface area (TPSA) is 22.1 Å². The molecule has 1 rings (SSSR count). The van der Waals surface area contributed by atoms with E-state index in [2.05, 4.69) is 4.98 Å². The quantitative estimate of drug-likeness (QED) is 0.675. The smallest absolute Gasteiger partial charge is 0.172 e. The van der Waals surface area contributed by atoms with Crippen LogP contribution in [0.2, 0.25) is 10.3 Å². The highest BCUT2D eigenvalue weighted by Crippen LogP contribution is 2.27. The van der Waals surface area contributed by atoms with Crippen LogP contribution in [-0.2, 0) is 0 Å². The number of hydrogen-bond donors (Lipinski definition) is 0. The summed E-state index contributed by atoms with van der Waals surface area (Å²) >= 11 is 11.5. The van der Waals surface area contributed by atoms with Crippen molar-refractivity contribution in [2.45, 2.75) is 26.4 Å². The van der Waals surface area contributed by atoms with Gasteiger partial charge in [0.2, 0.25) is 0 Å². The van der Waals surface area contributed by atoms with E-state index in [1.165, 1.54) is 0 Å². The van der Waals surface area contributed by atoms with Crippen LogP contribution in [0.15, 0.2) is 12.1 Å². The second-order valence-corrected chi connectivity index (χ2v) is 4.38. The molecule has 72 valence electrons. The molecule has 1 aromatic heterocycles. The monoisotopic (exact) mass is 219 g/mol. The van der Waals surface area contributed by atoms with E-state index in [1.54, 1.807) is 12.1 Å². The largest absolute Gasteiger partial charge is 0.485 e. The number of halogens is 2. The molecule has 0 N–H and O–H groups in total. The summed E-state index contributed by atoms with van der Waals surface area (Å²) in [6.07, 6.45) is 0. The molecule has 4 heteroatoms. The summed E-state index contributed by atoms with van der Waals surface area (Å²) in [5.41, 5.74) is -0.279. The van der Waals surface area contributed by atoms with Gasteiger partial charge in [0.15, 0.2) is 10.9 Å². The Morgan fingerprint density at radius 1 is 1.23 bits per heavy atom. The molecule has 0 aromatic carbocycles. The van der Waals surface area contributed by atoms with Crippen LogP contribution < -0.4 is 4.74 Å². The molecule has 0 radical (unpaired) electrons. The Morgan fingerprint density at radius 3 is 2.31 bits per heavy atom. The molecule has 0 fully saturated rings. The van der Waals surface area contributed by atoms with E-state index < -0.39 is 0 Å². The molecule has 0 bridgehead atoms. The average molecular weight is 220 g/mol. The highest BCUT2D eigenvalue weighted by molar-refractivity contribution is 6.33. The predicted octanol–water partition coefficient (Wildman–Crippen LogP) is 3.57. The first-order valence-electron chi connectivity index (χ1n) is 3.89. The Balaban J connectivity index is 2.90. The van der Waals surface area contributed by atoms with Crippen molar-refractivity contribution in [3.63, 3.8) is 0 Å². The van der Waals surface area contributed by atoms with Gasteiger partial charge in [0.25, 0.3) is 0 Å². The van der Waals surface area contributed by atoms with Crippen molar-refractivity contribution in [3.8, 4) is 5.75 Å². The molecule has 0 aliphatic rings. The molecule has 0 aliphatic heterocycles. The van der Waals surface area contributed by atoms with Gasteiger partial charge in [0, 0.05) is 0 Å². The highest BCUT2D eigenvalue weighted by Gasteiger charge is 2.14. The molecule has 0 amide bonds. The van der Waals surface area contributed by atoms with E-state index in [9.17, 15) is 0 Å². The van der Waals surface area contributed by atoms with Crippen molar-refractivity contribution < 1.29 is 4.74 Å². The number of nitrogens with zero attached hydrogens (tertiary/aromatic N) is 1. The van der Waals surface area contributed by atoms with Crippen LogP contribution in [-0.4, -0.2) is 10.6 Å². The number of hydrogen-bond acceptors (Lipinski definition) is 2. The van der Waals surface area contributed by atoms with E-state index >= 15 is 0 Å². The first-order chi connectivity index (χ1) is 5.88. The number of aromatic nitrogens is 1. The van der Waals surface area contributed by atoms with Crippen molar-refractivity contribution >= 4 is 23.2 Å². The Kier molecular flexibility index (Phi) is 3.04. The van der Waals surface area contributed by atoms with Gasteiger partial charge in [-0.15, -0.1) is 0 Å². The maximum absolute atomic E-state index is 5.82. The minimum Gasteiger partial charge on any atom is -0.485 e. The third-order valence-corrected chi connectivity index (χ3v) is 1.68.